The molecular weight excluding hydrogens is 497 g/mol. The molecule has 0 saturated heterocycles. The van der Waals surface area contributed by atoms with Gasteiger partial charge in [0.1, 0.15) is 5.69 Å². The first-order valence-corrected chi connectivity index (χ1v) is 13.6. The number of nitrogens with one attached hydrogen (secondary N) is 4. The maximum atomic E-state index is 14.2. The minimum absolute atomic E-state index is 0.0323. The zero-order valence-corrected chi connectivity index (χ0v) is 22.9. The van der Waals surface area contributed by atoms with Crippen LogP contribution in [-0.4, -0.2) is 68.3 Å². The lowest BCUT2D eigenvalue weighted by Crippen LogP contribution is -2.53. The third-order valence-corrected chi connectivity index (χ3v) is 7.51. The highest BCUT2D eigenvalue weighted by Gasteiger charge is 2.35. The number of aromatic nitrogens is 4. The van der Waals surface area contributed by atoms with Crippen LogP contribution in [0.3, 0.4) is 0 Å². The first-order valence-electron chi connectivity index (χ1n) is 13.6. The summed E-state index contributed by atoms with van der Waals surface area (Å²) in [5.41, 5.74) is 5.82. The molecule has 0 aliphatic carbocycles. The second-order valence-electron chi connectivity index (χ2n) is 10.4. The van der Waals surface area contributed by atoms with E-state index in [9.17, 15) is 14.3 Å². The maximum absolute atomic E-state index is 14.2. The van der Waals surface area contributed by atoms with Crippen molar-refractivity contribution in [3.63, 3.8) is 0 Å². The lowest BCUT2D eigenvalue weighted by Gasteiger charge is -2.36. The third kappa shape index (κ3) is 5.26. The van der Waals surface area contributed by atoms with Crippen LogP contribution in [-0.2, 0) is 24.2 Å². The number of amides is 1. The summed E-state index contributed by atoms with van der Waals surface area (Å²) in [6, 6.07) is 8.61. The fraction of sp³-hybridized carbons (Fsp3) is 0.414. The van der Waals surface area contributed by atoms with Gasteiger partial charge in [0.05, 0.1) is 22.9 Å². The zero-order chi connectivity index (χ0) is 27.7. The highest BCUT2D eigenvalue weighted by molar-refractivity contribution is 5.94. The van der Waals surface area contributed by atoms with Crippen molar-refractivity contribution in [2.24, 2.45) is 0 Å². The Morgan fingerprint density at radius 1 is 1.26 bits per heavy atom. The molecule has 1 aliphatic heterocycles. The normalized spacial score (nSPS) is 15.7. The number of benzene rings is 2. The van der Waals surface area contributed by atoms with Gasteiger partial charge in [0, 0.05) is 30.9 Å². The molecular formula is C29H36FN7O2. The first-order chi connectivity index (χ1) is 18.8. The molecule has 206 valence electrons. The number of aromatic amines is 2. The van der Waals surface area contributed by atoms with E-state index < -0.39 is 5.82 Å². The van der Waals surface area contributed by atoms with Crippen LogP contribution in [0, 0.1) is 5.82 Å². The van der Waals surface area contributed by atoms with Gasteiger partial charge in [-0.25, -0.2) is 9.37 Å². The van der Waals surface area contributed by atoms with Crippen molar-refractivity contribution in [1.82, 2.24) is 35.7 Å². The van der Waals surface area contributed by atoms with Crippen LogP contribution in [0.5, 0.6) is 5.75 Å². The van der Waals surface area contributed by atoms with Crippen molar-refractivity contribution < 1.29 is 14.3 Å². The van der Waals surface area contributed by atoms with Gasteiger partial charge in [0.25, 0.3) is 0 Å². The Morgan fingerprint density at radius 2 is 2.08 bits per heavy atom. The summed E-state index contributed by atoms with van der Waals surface area (Å²) in [7, 11) is 1.90. The molecule has 0 saturated carbocycles. The number of phenols is 1. The van der Waals surface area contributed by atoms with Crippen LogP contribution < -0.4 is 10.6 Å². The number of H-pyrrole nitrogens is 2. The number of nitrogens with zero attached hydrogens (tertiary/aromatic N) is 3. The molecule has 0 unspecified atom stereocenters. The van der Waals surface area contributed by atoms with Gasteiger partial charge >= 0.3 is 0 Å². The number of phenolic OH excluding ortho intramolecular Hbond substituents is 1. The predicted octanol–water partition coefficient (Wildman–Crippen LogP) is 3.89. The summed E-state index contributed by atoms with van der Waals surface area (Å²) >= 11 is 0. The molecule has 39 heavy (non-hydrogen) atoms. The molecule has 3 heterocycles. The van der Waals surface area contributed by atoms with E-state index in [0.717, 1.165) is 51.9 Å². The Morgan fingerprint density at radius 3 is 2.82 bits per heavy atom. The summed E-state index contributed by atoms with van der Waals surface area (Å²) < 4.78 is 14.2. The molecule has 0 fully saturated rings. The highest BCUT2D eigenvalue weighted by Crippen LogP contribution is 2.34. The summed E-state index contributed by atoms with van der Waals surface area (Å²) in [5, 5.41) is 24.5. The van der Waals surface area contributed by atoms with Crippen molar-refractivity contribution in [1.29, 1.82) is 0 Å². The number of aromatic hydroxyl groups is 1. The molecule has 4 aromatic rings. The number of imidazole rings is 1. The lowest BCUT2D eigenvalue weighted by atomic mass is 9.96. The van der Waals surface area contributed by atoms with Gasteiger partial charge in [-0.2, -0.15) is 5.10 Å². The smallest absolute Gasteiger partial charge is 0.237 e. The van der Waals surface area contributed by atoms with Crippen molar-refractivity contribution in [3.05, 3.63) is 53.1 Å². The standard InChI is InChI=1S/C29H36FN7O2/c1-5-17-12-26(38)21(30)13-20(17)18-7-8-19-22(11-18)35-36-27(19)28-33-23-14-25(29(39)32-10-6-9-31-4)37(16(2)3)15-24(23)34-28/h7-8,11-13,16,25,31,38H,5-6,9-10,14-15H2,1-4H3,(H,32,39)(H,33,34)(H,35,36)/t25-/m0/s1. The number of rotatable bonds is 9. The second kappa shape index (κ2) is 11.2. The Balaban J connectivity index is 1.42. The molecule has 9 nitrogen and oxygen atoms in total. The average molecular weight is 534 g/mol. The van der Waals surface area contributed by atoms with Crippen LogP contribution >= 0.6 is 0 Å². The summed E-state index contributed by atoms with van der Waals surface area (Å²) in [5.74, 6) is -0.298. The Kier molecular flexibility index (Phi) is 7.67. The predicted molar refractivity (Wildman–Crippen MR) is 150 cm³/mol. The largest absolute Gasteiger partial charge is 0.505 e. The topological polar surface area (TPSA) is 122 Å². The summed E-state index contributed by atoms with van der Waals surface area (Å²) in [4.78, 5) is 23.6. The summed E-state index contributed by atoms with van der Waals surface area (Å²) in [6.07, 6.45) is 2.07. The molecule has 2 aromatic carbocycles. The average Bonchev–Trinajstić information content (AvgIpc) is 3.54. The van der Waals surface area contributed by atoms with Crippen molar-refractivity contribution >= 4 is 16.8 Å². The molecule has 0 spiro atoms. The third-order valence-electron chi connectivity index (χ3n) is 7.51. The maximum Gasteiger partial charge on any atom is 0.237 e. The van der Waals surface area contributed by atoms with E-state index in [-0.39, 0.29) is 23.7 Å². The van der Waals surface area contributed by atoms with Gasteiger partial charge in [0.15, 0.2) is 17.4 Å². The lowest BCUT2D eigenvalue weighted by molar-refractivity contribution is -0.128. The minimum Gasteiger partial charge on any atom is -0.505 e. The van der Waals surface area contributed by atoms with E-state index in [4.69, 9.17) is 4.98 Å². The second-order valence-corrected chi connectivity index (χ2v) is 10.4. The molecule has 1 atom stereocenters. The van der Waals surface area contributed by atoms with Crippen LogP contribution in [0.25, 0.3) is 33.5 Å². The van der Waals surface area contributed by atoms with E-state index >= 15 is 0 Å². The number of halogens is 1. The molecule has 0 radical (unpaired) electrons. The number of carbonyl (C=O) groups is 1. The van der Waals surface area contributed by atoms with E-state index in [0.29, 0.717) is 37.4 Å². The van der Waals surface area contributed by atoms with Crippen LogP contribution in [0.4, 0.5) is 4.39 Å². The fourth-order valence-electron chi connectivity index (χ4n) is 5.36. The molecule has 5 rings (SSSR count). The van der Waals surface area contributed by atoms with Gasteiger partial charge in [-0.3, -0.25) is 14.8 Å². The van der Waals surface area contributed by atoms with Crippen molar-refractivity contribution in [2.45, 2.75) is 58.7 Å². The number of carbonyl (C=O) groups excluding carboxylic acids is 1. The van der Waals surface area contributed by atoms with E-state index in [1.165, 1.54) is 12.1 Å². The minimum atomic E-state index is -0.644. The molecule has 1 aliphatic rings. The van der Waals surface area contributed by atoms with E-state index in [1.807, 2.05) is 32.2 Å². The number of hydrogen-bond donors (Lipinski definition) is 5. The SMILES string of the molecule is CCc1cc(O)c(F)cc1-c1ccc2c(-c3nc4c([nH]3)CN(C(C)C)[C@H](C(=O)NCCCNC)C4)n[nH]c2c1. The first kappa shape index (κ1) is 26.8. The monoisotopic (exact) mass is 533 g/mol. The van der Waals surface area contributed by atoms with Crippen molar-refractivity contribution in [3.8, 4) is 28.4 Å². The molecule has 2 aromatic heterocycles. The van der Waals surface area contributed by atoms with Gasteiger partial charge < -0.3 is 20.7 Å². The molecule has 5 N–H and O–H groups in total. The van der Waals surface area contributed by atoms with Gasteiger partial charge in [-0.15, -0.1) is 0 Å². The van der Waals surface area contributed by atoms with Crippen LogP contribution in [0.15, 0.2) is 30.3 Å². The highest BCUT2D eigenvalue weighted by atomic mass is 19.1. The van der Waals surface area contributed by atoms with Crippen molar-refractivity contribution in [2.75, 3.05) is 20.1 Å². The van der Waals surface area contributed by atoms with Gasteiger partial charge in [0.2, 0.25) is 5.91 Å². The molecule has 1 amide bonds. The molecule has 0 bridgehead atoms. The number of aryl methyl sites for hydroxylation is 1. The Labute approximate surface area is 227 Å². The van der Waals surface area contributed by atoms with E-state index in [2.05, 4.69) is 44.6 Å². The van der Waals surface area contributed by atoms with Crippen LogP contribution in [0.2, 0.25) is 0 Å². The van der Waals surface area contributed by atoms with Crippen LogP contribution in [0.1, 0.15) is 44.1 Å². The Hall–Kier alpha value is -3.76. The fourth-order valence-corrected chi connectivity index (χ4v) is 5.36. The zero-order valence-electron chi connectivity index (χ0n) is 22.9. The van der Waals surface area contributed by atoms with E-state index in [1.54, 1.807) is 0 Å². The molecule has 10 heteroatoms. The van der Waals surface area contributed by atoms with Gasteiger partial charge in [-0.1, -0.05) is 13.0 Å². The number of fused-ring (bicyclic) bond motifs is 2. The summed E-state index contributed by atoms with van der Waals surface area (Å²) in [6.45, 7) is 8.28. The Bertz CT molecular complexity index is 1490. The van der Waals surface area contributed by atoms with Gasteiger partial charge in [-0.05, 0) is 81.2 Å². The quantitative estimate of drug-likeness (QED) is 0.208. The number of hydrogen-bond acceptors (Lipinski definition) is 6.